The number of nitrogens with one attached hydrogen (secondary N) is 1. The van der Waals surface area contributed by atoms with Gasteiger partial charge in [0, 0.05) is 37.1 Å². The summed E-state index contributed by atoms with van der Waals surface area (Å²) >= 11 is 1.21. The molecule has 0 spiro atoms. The number of para-hydroxylation sites is 1. The van der Waals surface area contributed by atoms with Crippen molar-refractivity contribution >= 4 is 29.3 Å². The number of rotatable bonds is 8. The largest absolute Gasteiger partial charge is 0.496 e. The molecule has 0 bridgehead atoms. The molecule has 33 heavy (non-hydrogen) atoms. The van der Waals surface area contributed by atoms with E-state index in [9.17, 15) is 9.59 Å². The van der Waals surface area contributed by atoms with Gasteiger partial charge in [0.1, 0.15) is 10.8 Å². The first-order valence-corrected chi connectivity index (χ1v) is 11.2. The summed E-state index contributed by atoms with van der Waals surface area (Å²) in [5, 5.41) is 3.32. The molecule has 3 aromatic rings. The predicted molar refractivity (Wildman–Crippen MR) is 125 cm³/mol. The van der Waals surface area contributed by atoms with Crippen molar-refractivity contribution in [2.24, 2.45) is 0 Å². The normalized spacial score (nSPS) is 11.7. The van der Waals surface area contributed by atoms with Crippen molar-refractivity contribution in [3.8, 4) is 17.2 Å². The maximum atomic E-state index is 13.1. The summed E-state index contributed by atoms with van der Waals surface area (Å²) in [4.78, 5) is 31.5. The summed E-state index contributed by atoms with van der Waals surface area (Å²) in [5.41, 5.74) is 1.95. The lowest BCUT2D eigenvalue weighted by Gasteiger charge is -2.20. The molecule has 170 valence electrons. The minimum absolute atomic E-state index is 0.0992. The third-order valence-corrected chi connectivity index (χ3v) is 5.95. The summed E-state index contributed by atoms with van der Waals surface area (Å²) in [7, 11) is 3.33. The molecule has 0 atom stereocenters. The number of benzene rings is 2. The maximum Gasteiger partial charge on any atom is 0.256 e. The van der Waals surface area contributed by atoms with Gasteiger partial charge in [0.15, 0.2) is 11.5 Å². The van der Waals surface area contributed by atoms with Crippen molar-refractivity contribution in [1.82, 2.24) is 9.88 Å². The van der Waals surface area contributed by atoms with Crippen LogP contribution in [0.4, 0.5) is 5.69 Å². The number of nitrogens with zero attached hydrogens (tertiary/aromatic N) is 2. The molecule has 1 aliphatic rings. The Kier molecular flexibility index (Phi) is 6.99. The Hall–Kier alpha value is -3.72. The van der Waals surface area contributed by atoms with Gasteiger partial charge in [-0.2, -0.15) is 0 Å². The highest BCUT2D eigenvalue weighted by molar-refractivity contribution is 8.00. The van der Waals surface area contributed by atoms with Gasteiger partial charge in [0.2, 0.25) is 12.7 Å². The first-order valence-electron chi connectivity index (χ1n) is 10.2. The Morgan fingerprint density at radius 1 is 1.12 bits per heavy atom. The monoisotopic (exact) mass is 465 g/mol. The second kappa shape index (κ2) is 10.3. The van der Waals surface area contributed by atoms with Gasteiger partial charge in [0.05, 0.1) is 18.4 Å². The Bertz CT molecular complexity index is 1170. The number of carbonyl (C=O) groups is 2. The summed E-state index contributed by atoms with van der Waals surface area (Å²) in [6.45, 7) is 0.553. The van der Waals surface area contributed by atoms with E-state index in [-0.39, 0.29) is 24.4 Å². The van der Waals surface area contributed by atoms with Crippen LogP contribution in [0.1, 0.15) is 15.9 Å². The smallest absolute Gasteiger partial charge is 0.256 e. The number of hydrogen-bond donors (Lipinski definition) is 1. The van der Waals surface area contributed by atoms with Crippen LogP contribution in [0, 0.1) is 0 Å². The number of aromatic nitrogens is 1. The van der Waals surface area contributed by atoms with Crippen molar-refractivity contribution in [2.45, 2.75) is 11.6 Å². The first-order chi connectivity index (χ1) is 16.0. The second-order valence-corrected chi connectivity index (χ2v) is 8.20. The van der Waals surface area contributed by atoms with E-state index in [0.29, 0.717) is 34.3 Å². The molecule has 4 rings (SSSR count). The number of pyridine rings is 1. The molecule has 0 aliphatic carbocycles. The number of methoxy groups -OCH3 is 1. The van der Waals surface area contributed by atoms with Gasteiger partial charge in [-0.3, -0.25) is 9.59 Å². The number of anilines is 1. The first kappa shape index (κ1) is 22.5. The van der Waals surface area contributed by atoms with E-state index in [4.69, 9.17) is 14.2 Å². The lowest BCUT2D eigenvalue weighted by Crippen LogP contribution is -2.27. The standard InChI is InChI=1S/C24H23N3O5S/c1-27(13-16-6-3-4-8-19(16)30-2)24(29)18-7-5-11-25-23(18)33-14-22(28)26-17-9-10-20-21(12-17)32-15-31-20/h3-12H,13-15H2,1-2H3,(H,26,28). The van der Waals surface area contributed by atoms with Crippen LogP contribution in [-0.2, 0) is 11.3 Å². The van der Waals surface area contributed by atoms with Gasteiger partial charge in [-0.25, -0.2) is 4.98 Å². The Labute approximate surface area is 195 Å². The van der Waals surface area contributed by atoms with E-state index in [0.717, 1.165) is 11.3 Å². The van der Waals surface area contributed by atoms with E-state index in [1.54, 1.807) is 55.6 Å². The summed E-state index contributed by atoms with van der Waals surface area (Å²) in [6, 6.07) is 16.2. The zero-order valence-electron chi connectivity index (χ0n) is 18.2. The van der Waals surface area contributed by atoms with Gasteiger partial charge < -0.3 is 24.4 Å². The van der Waals surface area contributed by atoms with E-state index >= 15 is 0 Å². The topological polar surface area (TPSA) is 90.0 Å². The van der Waals surface area contributed by atoms with Crippen LogP contribution in [-0.4, -0.2) is 48.4 Å². The van der Waals surface area contributed by atoms with E-state index in [1.165, 1.54) is 11.8 Å². The molecule has 0 fully saturated rings. The molecule has 0 saturated heterocycles. The van der Waals surface area contributed by atoms with E-state index in [2.05, 4.69) is 10.3 Å². The molecular formula is C24H23N3O5S. The number of carbonyl (C=O) groups excluding carboxylic acids is 2. The maximum absolute atomic E-state index is 13.1. The summed E-state index contributed by atoms with van der Waals surface area (Å²) < 4.78 is 16.0. The van der Waals surface area contributed by atoms with Gasteiger partial charge in [0.25, 0.3) is 5.91 Å². The second-order valence-electron chi connectivity index (χ2n) is 7.23. The molecule has 0 saturated carbocycles. The third-order valence-electron chi connectivity index (χ3n) is 4.94. The molecule has 2 aromatic carbocycles. The van der Waals surface area contributed by atoms with Crippen LogP contribution < -0.4 is 19.5 Å². The molecule has 2 amide bonds. The summed E-state index contributed by atoms with van der Waals surface area (Å²) in [5.74, 6) is 1.66. The zero-order chi connectivity index (χ0) is 23.2. The average molecular weight is 466 g/mol. The molecule has 0 unspecified atom stereocenters. The highest BCUT2D eigenvalue weighted by Gasteiger charge is 2.19. The zero-order valence-corrected chi connectivity index (χ0v) is 19.1. The molecule has 1 aromatic heterocycles. The quantitative estimate of drug-likeness (QED) is 0.506. The molecule has 1 aliphatic heterocycles. The number of thioether (sulfide) groups is 1. The van der Waals surface area contributed by atoms with Crippen LogP contribution in [0.5, 0.6) is 17.2 Å². The Balaban J connectivity index is 1.39. The Morgan fingerprint density at radius 3 is 2.79 bits per heavy atom. The summed E-state index contributed by atoms with van der Waals surface area (Å²) in [6.07, 6.45) is 1.61. The van der Waals surface area contributed by atoms with Crippen molar-refractivity contribution in [3.63, 3.8) is 0 Å². The van der Waals surface area contributed by atoms with Gasteiger partial charge >= 0.3 is 0 Å². The van der Waals surface area contributed by atoms with Crippen molar-refractivity contribution in [2.75, 3.05) is 32.0 Å². The van der Waals surface area contributed by atoms with Crippen LogP contribution in [0.25, 0.3) is 0 Å². The van der Waals surface area contributed by atoms with Gasteiger partial charge in [-0.05, 0) is 30.3 Å². The predicted octanol–water partition coefficient (Wildman–Crippen LogP) is 3.82. The molecule has 0 radical (unpaired) electrons. The molecule has 1 N–H and O–H groups in total. The molecule has 8 nitrogen and oxygen atoms in total. The SMILES string of the molecule is COc1ccccc1CN(C)C(=O)c1cccnc1SCC(=O)Nc1ccc2c(c1)OCO2. The van der Waals surface area contributed by atoms with E-state index < -0.39 is 0 Å². The highest BCUT2D eigenvalue weighted by Crippen LogP contribution is 2.34. The van der Waals surface area contributed by atoms with Gasteiger partial charge in [-0.1, -0.05) is 30.0 Å². The van der Waals surface area contributed by atoms with E-state index in [1.807, 2.05) is 24.3 Å². The van der Waals surface area contributed by atoms with Crippen LogP contribution in [0.3, 0.4) is 0 Å². The number of amides is 2. The minimum atomic E-state index is -0.217. The van der Waals surface area contributed by atoms with Crippen LogP contribution >= 0.6 is 11.8 Å². The van der Waals surface area contributed by atoms with Crippen molar-refractivity contribution < 1.29 is 23.8 Å². The van der Waals surface area contributed by atoms with Crippen molar-refractivity contribution in [3.05, 3.63) is 71.9 Å². The molecular weight excluding hydrogens is 442 g/mol. The third kappa shape index (κ3) is 5.38. The fourth-order valence-electron chi connectivity index (χ4n) is 3.34. The fraction of sp³-hybridized carbons (Fsp3) is 0.208. The lowest BCUT2D eigenvalue weighted by molar-refractivity contribution is -0.113. The molecule has 2 heterocycles. The van der Waals surface area contributed by atoms with Crippen LogP contribution in [0.15, 0.2) is 65.8 Å². The van der Waals surface area contributed by atoms with Crippen molar-refractivity contribution in [1.29, 1.82) is 0 Å². The average Bonchev–Trinajstić information content (AvgIpc) is 3.31. The highest BCUT2D eigenvalue weighted by atomic mass is 32.2. The van der Waals surface area contributed by atoms with Gasteiger partial charge in [-0.15, -0.1) is 0 Å². The minimum Gasteiger partial charge on any atom is -0.496 e. The number of fused-ring (bicyclic) bond motifs is 1. The number of ether oxygens (including phenoxy) is 3. The fourth-order valence-corrected chi connectivity index (χ4v) is 4.13. The van der Waals surface area contributed by atoms with Crippen LogP contribution in [0.2, 0.25) is 0 Å². The lowest BCUT2D eigenvalue weighted by atomic mass is 10.1. The number of hydrogen-bond acceptors (Lipinski definition) is 7. The Morgan fingerprint density at radius 2 is 1.94 bits per heavy atom. The molecule has 9 heteroatoms.